The van der Waals surface area contributed by atoms with Crippen molar-refractivity contribution in [3.8, 4) is 11.3 Å². The Balaban J connectivity index is 1.77. The van der Waals surface area contributed by atoms with Crippen LogP contribution in [-0.4, -0.2) is 16.1 Å². The van der Waals surface area contributed by atoms with E-state index in [4.69, 9.17) is 0 Å². The van der Waals surface area contributed by atoms with E-state index in [0.717, 1.165) is 16.8 Å². The number of aromatic nitrogens is 2. The molecular weight excluding hydrogens is 281 g/mol. The minimum absolute atomic E-state index is 0.331. The molecule has 0 aliphatic carbocycles. The highest BCUT2D eigenvalue weighted by molar-refractivity contribution is 6.03. The Kier molecular flexibility index (Phi) is 3.70. The number of rotatable bonds is 3. The van der Waals surface area contributed by atoms with Crippen LogP contribution in [0, 0.1) is 12.7 Å². The molecule has 0 saturated carbocycles. The first-order valence-corrected chi connectivity index (χ1v) is 6.81. The van der Waals surface area contributed by atoms with Gasteiger partial charge in [0, 0.05) is 11.6 Å². The van der Waals surface area contributed by atoms with E-state index in [1.54, 1.807) is 6.07 Å². The molecule has 0 unspecified atom stereocenters. The third kappa shape index (κ3) is 3.03. The predicted molar refractivity (Wildman–Crippen MR) is 83.1 cm³/mol. The number of aromatic amines is 1. The topological polar surface area (TPSA) is 57.8 Å². The number of hydrogen-bond donors (Lipinski definition) is 2. The zero-order valence-electron chi connectivity index (χ0n) is 11.9. The molecular formula is C17H14FN3O. The fourth-order valence-corrected chi connectivity index (χ4v) is 2.14. The standard InChI is InChI=1S/C17H14FN3O/c1-11-3-2-4-13(9-11)15-10-16(21-20-15)19-17(22)12-5-7-14(18)8-6-12/h2-10H,1H3,(H2,19,20,21,22). The predicted octanol–water partition coefficient (Wildman–Crippen LogP) is 3.78. The number of nitrogens with zero attached hydrogens (tertiary/aromatic N) is 1. The van der Waals surface area contributed by atoms with Gasteiger partial charge in [0.25, 0.3) is 5.91 Å². The van der Waals surface area contributed by atoms with Crippen LogP contribution >= 0.6 is 0 Å². The molecule has 0 spiro atoms. The van der Waals surface area contributed by atoms with Gasteiger partial charge >= 0.3 is 0 Å². The smallest absolute Gasteiger partial charge is 0.256 e. The van der Waals surface area contributed by atoms with Gasteiger partial charge in [-0.2, -0.15) is 5.10 Å². The van der Waals surface area contributed by atoms with E-state index in [1.165, 1.54) is 24.3 Å². The number of nitrogens with one attached hydrogen (secondary N) is 2. The van der Waals surface area contributed by atoms with Gasteiger partial charge in [-0.25, -0.2) is 4.39 Å². The van der Waals surface area contributed by atoms with Crippen molar-refractivity contribution in [2.24, 2.45) is 0 Å². The number of benzene rings is 2. The molecule has 3 aromatic rings. The van der Waals surface area contributed by atoms with Gasteiger partial charge in [-0.1, -0.05) is 23.8 Å². The highest BCUT2D eigenvalue weighted by atomic mass is 19.1. The van der Waals surface area contributed by atoms with E-state index in [-0.39, 0.29) is 11.7 Å². The molecule has 1 heterocycles. The summed E-state index contributed by atoms with van der Waals surface area (Å²) in [7, 11) is 0. The van der Waals surface area contributed by atoms with Crippen LogP contribution in [0.5, 0.6) is 0 Å². The van der Waals surface area contributed by atoms with Gasteiger partial charge in [0.1, 0.15) is 5.82 Å². The van der Waals surface area contributed by atoms with Crippen molar-refractivity contribution in [2.45, 2.75) is 6.92 Å². The van der Waals surface area contributed by atoms with Crippen LogP contribution in [-0.2, 0) is 0 Å². The monoisotopic (exact) mass is 295 g/mol. The molecule has 1 amide bonds. The highest BCUT2D eigenvalue weighted by Crippen LogP contribution is 2.21. The van der Waals surface area contributed by atoms with Crippen LogP contribution in [0.3, 0.4) is 0 Å². The van der Waals surface area contributed by atoms with E-state index in [9.17, 15) is 9.18 Å². The second-order valence-electron chi connectivity index (χ2n) is 5.00. The largest absolute Gasteiger partial charge is 0.305 e. The molecule has 4 nitrogen and oxygen atoms in total. The quantitative estimate of drug-likeness (QED) is 0.772. The van der Waals surface area contributed by atoms with E-state index in [1.807, 2.05) is 31.2 Å². The van der Waals surface area contributed by atoms with Crippen LogP contribution in [0.15, 0.2) is 54.6 Å². The lowest BCUT2D eigenvalue weighted by molar-refractivity contribution is 0.102. The number of carbonyl (C=O) groups is 1. The lowest BCUT2D eigenvalue weighted by atomic mass is 10.1. The highest BCUT2D eigenvalue weighted by Gasteiger charge is 2.09. The first-order valence-electron chi connectivity index (χ1n) is 6.81. The maximum atomic E-state index is 12.9. The van der Waals surface area contributed by atoms with Crippen LogP contribution in [0.4, 0.5) is 10.2 Å². The molecule has 2 N–H and O–H groups in total. The molecule has 0 aliphatic heterocycles. The van der Waals surface area contributed by atoms with Crippen LogP contribution in [0.25, 0.3) is 11.3 Å². The minimum atomic E-state index is -0.377. The SMILES string of the molecule is Cc1cccc(-c2cc(NC(=O)c3ccc(F)cc3)n[nH]2)c1. The Morgan fingerprint density at radius 3 is 2.64 bits per heavy atom. The number of halogens is 1. The van der Waals surface area contributed by atoms with Crippen LogP contribution in [0.2, 0.25) is 0 Å². The second kappa shape index (κ2) is 5.81. The Hall–Kier alpha value is -2.95. The fraction of sp³-hybridized carbons (Fsp3) is 0.0588. The summed E-state index contributed by atoms with van der Waals surface area (Å²) < 4.78 is 12.9. The van der Waals surface area contributed by atoms with Crippen molar-refractivity contribution in [1.82, 2.24) is 10.2 Å². The summed E-state index contributed by atoms with van der Waals surface area (Å²) >= 11 is 0. The molecule has 0 atom stereocenters. The van der Waals surface area contributed by atoms with Crippen LogP contribution < -0.4 is 5.32 Å². The summed E-state index contributed by atoms with van der Waals surface area (Å²) in [6, 6.07) is 15.1. The Morgan fingerprint density at radius 1 is 1.14 bits per heavy atom. The van der Waals surface area contributed by atoms with Gasteiger partial charge in [0.15, 0.2) is 5.82 Å². The lowest BCUT2D eigenvalue weighted by Gasteiger charge is -2.01. The molecule has 0 aliphatic rings. The lowest BCUT2D eigenvalue weighted by Crippen LogP contribution is -2.12. The summed E-state index contributed by atoms with van der Waals surface area (Å²) in [6.45, 7) is 2.01. The summed E-state index contributed by atoms with van der Waals surface area (Å²) in [5.41, 5.74) is 3.33. The maximum Gasteiger partial charge on any atom is 0.256 e. The fourth-order valence-electron chi connectivity index (χ4n) is 2.14. The van der Waals surface area contributed by atoms with E-state index in [0.29, 0.717) is 11.4 Å². The van der Waals surface area contributed by atoms with Crippen molar-refractivity contribution < 1.29 is 9.18 Å². The number of hydrogen-bond acceptors (Lipinski definition) is 2. The molecule has 2 aromatic carbocycles. The van der Waals surface area contributed by atoms with E-state index in [2.05, 4.69) is 15.5 Å². The Labute approximate surface area is 127 Å². The number of anilines is 1. The molecule has 1 aromatic heterocycles. The minimum Gasteiger partial charge on any atom is -0.305 e. The average Bonchev–Trinajstić information content (AvgIpc) is 2.96. The molecule has 110 valence electrons. The van der Waals surface area contributed by atoms with Gasteiger partial charge in [-0.3, -0.25) is 9.89 Å². The zero-order valence-corrected chi connectivity index (χ0v) is 11.9. The number of carbonyl (C=O) groups excluding carboxylic acids is 1. The summed E-state index contributed by atoms with van der Waals surface area (Å²) in [5.74, 6) is -0.286. The number of amides is 1. The number of H-pyrrole nitrogens is 1. The Bertz CT molecular complexity index is 809. The normalized spacial score (nSPS) is 10.5. The summed E-state index contributed by atoms with van der Waals surface area (Å²) in [5, 5.41) is 9.64. The molecule has 3 rings (SSSR count). The van der Waals surface area contributed by atoms with E-state index >= 15 is 0 Å². The third-order valence-corrected chi connectivity index (χ3v) is 3.25. The first-order chi connectivity index (χ1) is 10.6. The van der Waals surface area contributed by atoms with Crippen molar-refractivity contribution in [3.05, 3.63) is 71.5 Å². The Morgan fingerprint density at radius 2 is 1.91 bits per heavy atom. The molecule has 0 bridgehead atoms. The van der Waals surface area contributed by atoms with Crippen molar-refractivity contribution >= 4 is 11.7 Å². The van der Waals surface area contributed by atoms with Crippen molar-refractivity contribution in [1.29, 1.82) is 0 Å². The van der Waals surface area contributed by atoms with Gasteiger partial charge in [0.05, 0.1) is 5.69 Å². The summed E-state index contributed by atoms with van der Waals surface area (Å²) in [4.78, 5) is 12.0. The van der Waals surface area contributed by atoms with Crippen LogP contribution in [0.1, 0.15) is 15.9 Å². The van der Waals surface area contributed by atoms with E-state index < -0.39 is 0 Å². The molecule has 22 heavy (non-hydrogen) atoms. The molecule has 5 heteroatoms. The molecule has 0 radical (unpaired) electrons. The zero-order chi connectivity index (χ0) is 15.5. The first kappa shape index (κ1) is 14.0. The van der Waals surface area contributed by atoms with Gasteiger partial charge in [0.2, 0.25) is 0 Å². The number of aryl methyl sites for hydroxylation is 1. The molecule has 0 fully saturated rings. The average molecular weight is 295 g/mol. The van der Waals surface area contributed by atoms with Gasteiger partial charge < -0.3 is 5.32 Å². The maximum absolute atomic E-state index is 12.9. The van der Waals surface area contributed by atoms with Gasteiger partial charge in [-0.15, -0.1) is 0 Å². The van der Waals surface area contributed by atoms with Crippen molar-refractivity contribution in [3.63, 3.8) is 0 Å². The second-order valence-corrected chi connectivity index (χ2v) is 5.00. The van der Waals surface area contributed by atoms with Gasteiger partial charge in [-0.05, 0) is 42.8 Å². The molecule has 0 saturated heterocycles. The summed E-state index contributed by atoms with van der Waals surface area (Å²) in [6.07, 6.45) is 0. The van der Waals surface area contributed by atoms with Crippen molar-refractivity contribution in [2.75, 3.05) is 5.32 Å². The third-order valence-electron chi connectivity index (χ3n) is 3.25.